The van der Waals surface area contributed by atoms with Crippen LogP contribution < -0.4 is 10.0 Å². The highest BCUT2D eigenvalue weighted by atomic mass is 32.2. The van der Waals surface area contributed by atoms with E-state index >= 15 is 0 Å². The average Bonchev–Trinajstić information content (AvgIpc) is 3.41. The van der Waals surface area contributed by atoms with E-state index in [2.05, 4.69) is 15.0 Å². The molecule has 0 spiro atoms. The van der Waals surface area contributed by atoms with Crippen LogP contribution in [0.3, 0.4) is 0 Å². The Labute approximate surface area is 176 Å². The number of thiazole rings is 1. The van der Waals surface area contributed by atoms with Gasteiger partial charge in [-0.25, -0.2) is 18.1 Å². The Morgan fingerprint density at radius 3 is 2.69 bits per heavy atom. The van der Waals surface area contributed by atoms with Crippen molar-refractivity contribution in [2.45, 2.75) is 62.8 Å². The van der Waals surface area contributed by atoms with E-state index in [1.165, 1.54) is 0 Å². The second-order valence-corrected chi connectivity index (χ2v) is 11.1. The van der Waals surface area contributed by atoms with Crippen LogP contribution in [0.15, 0.2) is 29.3 Å². The summed E-state index contributed by atoms with van der Waals surface area (Å²) in [5.41, 5.74) is 2.14. The number of sulfonamides is 1. The fraction of sp³-hybridized carbons (Fsp3) is 0.524. The number of nitrogens with one attached hydrogen (secondary N) is 2. The Balaban J connectivity index is 1.35. The molecule has 1 aromatic carbocycles. The zero-order valence-corrected chi connectivity index (χ0v) is 18.2. The predicted octanol–water partition coefficient (Wildman–Crippen LogP) is 2.75. The molecule has 0 radical (unpaired) electrons. The molecular weight excluding hydrogens is 406 g/mol. The molecule has 2 N–H and O–H groups in total. The van der Waals surface area contributed by atoms with Crippen LogP contribution in [0.1, 0.15) is 46.7 Å². The molecule has 2 aliphatic carbocycles. The smallest absolute Gasteiger partial charge is 0.240 e. The quantitative estimate of drug-likeness (QED) is 0.703. The number of aryl methyl sites for hydroxylation is 1. The van der Waals surface area contributed by atoms with Crippen LogP contribution in [0.4, 0.5) is 0 Å². The predicted molar refractivity (Wildman–Crippen MR) is 113 cm³/mol. The maximum Gasteiger partial charge on any atom is 0.240 e. The van der Waals surface area contributed by atoms with E-state index in [4.69, 9.17) is 0 Å². The van der Waals surface area contributed by atoms with Gasteiger partial charge in [-0.1, -0.05) is 18.9 Å². The van der Waals surface area contributed by atoms with E-state index in [0.29, 0.717) is 19.4 Å². The molecular formula is C21H27N3O3S2. The van der Waals surface area contributed by atoms with Crippen LogP contribution in [-0.2, 0) is 34.1 Å². The first-order valence-electron chi connectivity index (χ1n) is 10.2. The minimum atomic E-state index is -3.56. The Hall–Kier alpha value is -1.77. The molecule has 1 aromatic heterocycles. The average molecular weight is 434 g/mol. The fourth-order valence-electron chi connectivity index (χ4n) is 4.26. The Bertz CT molecular complexity index is 994. The molecule has 0 aliphatic heterocycles. The maximum atomic E-state index is 12.7. The van der Waals surface area contributed by atoms with E-state index in [1.807, 2.05) is 13.0 Å². The molecule has 0 unspecified atom stereocenters. The van der Waals surface area contributed by atoms with Crippen molar-refractivity contribution >= 4 is 27.3 Å². The summed E-state index contributed by atoms with van der Waals surface area (Å²) in [4.78, 5) is 18.1. The van der Waals surface area contributed by atoms with Gasteiger partial charge in [0, 0.05) is 36.0 Å². The summed E-state index contributed by atoms with van der Waals surface area (Å²) in [6, 6.07) is 5.37. The summed E-state index contributed by atoms with van der Waals surface area (Å²) < 4.78 is 28.0. The monoisotopic (exact) mass is 433 g/mol. The van der Waals surface area contributed by atoms with Gasteiger partial charge in [0.05, 0.1) is 9.90 Å². The van der Waals surface area contributed by atoms with E-state index in [9.17, 15) is 13.2 Å². The molecule has 8 heteroatoms. The van der Waals surface area contributed by atoms with Gasteiger partial charge in [-0.05, 0) is 55.9 Å². The highest BCUT2D eigenvalue weighted by Crippen LogP contribution is 2.28. The molecule has 1 saturated carbocycles. The Kier molecular flexibility index (Phi) is 6.03. The molecule has 4 rings (SSSR count). The number of aromatic nitrogens is 1. The molecule has 1 amide bonds. The molecule has 1 fully saturated rings. The lowest BCUT2D eigenvalue weighted by Crippen LogP contribution is -2.38. The van der Waals surface area contributed by atoms with Gasteiger partial charge in [0.1, 0.15) is 0 Å². The van der Waals surface area contributed by atoms with Gasteiger partial charge in [0.2, 0.25) is 15.9 Å². The van der Waals surface area contributed by atoms with Gasteiger partial charge in [-0.15, -0.1) is 11.3 Å². The van der Waals surface area contributed by atoms with Gasteiger partial charge in [-0.3, -0.25) is 4.79 Å². The third-order valence-corrected chi connectivity index (χ3v) is 8.22. The first-order valence-corrected chi connectivity index (χ1v) is 12.5. The minimum absolute atomic E-state index is 0.0668. The van der Waals surface area contributed by atoms with E-state index in [0.717, 1.165) is 53.1 Å². The third kappa shape index (κ3) is 4.87. The van der Waals surface area contributed by atoms with Crippen molar-refractivity contribution in [3.63, 3.8) is 0 Å². The van der Waals surface area contributed by atoms with Crippen LogP contribution in [-0.4, -0.2) is 31.9 Å². The standard InChI is InChI=1S/C21H27N3O3S2/c1-14-13-22-20(28-14)8-9-23-29(26,27)19-7-6-16-10-18(11-17(16)12-19)24-21(25)15-4-2-3-5-15/h6-7,12-13,15,18,23H,2-5,8-11H2,1H3,(H,24,25)/t18-/m1/s1. The zero-order chi connectivity index (χ0) is 20.4. The van der Waals surface area contributed by atoms with Crippen LogP contribution in [0.25, 0.3) is 0 Å². The van der Waals surface area contributed by atoms with Crippen LogP contribution in [0, 0.1) is 12.8 Å². The van der Waals surface area contributed by atoms with Crippen molar-refractivity contribution in [1.29, 1.82) is 0 Å². The van der Waals surface area contributed by atoms with Crippen molar-refractivity contribution in [2.24, 2.45) is 5.92 Å². The van der Waals surface area contributed by atoms with Crippen molar-refractivity contribution in [3.8, 4) is 0 Å². The SMILES string of the molecule is Cc1cnc(CCNS(=O)(=O)c2ccc3c(c2)C[C@H](NC(=O)C2CCCC2)C3)s1. The summed E-state index contributed by atoms with van der Waals surface area (Å²) >= 11 is 1.58. The van der Waals surface area contributed by atoms with Gasteiger partial charge < -0.3 is 5.32 Å². The summed E-state index contributed by atoms with van der Waals surface area (Å²) in [5, 5.41) is 4.10. The number of hydrogen-bond acceptors (Lipinski definition) is 5. The Morgan fingerprint density at radius 1 is 1.21 bits per heavy atom. The lowest BCUT2D eigenvalue weighted by molar-refractivity contribution is -0.125. The van der Waals surface area contributed by atoms with E-state index in [-0.39, 0.29) is 22.8 Å². The van der Waals surface area contributed by atoms with E-state index in [1.54, 1.807) is 29.7 Å². The van der Waals surface area contributed by atoms with Gasteiger partial charge in [0.25, 0.3) is 0 Å². The molecule has 0 bridgehead atoms. The zero-order valence-electron chi connectivity index (χ0n) is 16.6. The van der Waals surface area contributed by atoms with Crippen LogP contribution in [0.2, 0.25) is 0 Å². The second kappa shape index (κ2) is 8.53. The summed E-state index contributed by atoms with van der Waals surface area (Å²) in [7, 11) is -3.56. The molecule has 6 nitrogen and oxygen atoms in total. The number of nitrogens with zero attached hydrogens (tertiary/aromatic N) is 1. The second-order valence-electron chi connectivity index (χ2n) is 8.04. The first-order chi connectivity index (χ1) is 13.9. The Morgan fingerprint density at radius 2 is 1.97 bits per heavy atom. The van der Waals surface area contributed by atoms with Crippen molar-refractivity contribution in [2.75, 3.05) is 6.54 Å². The van der Waals surface area contributed by atoms with Crippen molar-refractivity contribution in [1.82, 2.24) is 15.0 Å². The third-order valence-electron chi connectivity index (χ3n) is 5.79. The van der Waals surface area contributed by atoms with Gasteiger partial charge in [0.15, 0.2) is 0 Å². The first kappa shape index (κ1) is 20.5. The van der Waals surface area contributed by atoms with Gasteiger partial charge in [-0.2, -0.15) is 0 Å². The van der Waals surface area contributed by atoms with E-state index < -0.39 is 10.0 Å². The van der Waals surface area contributed by atoms with Gasteiger partial charge >= 0.3 is 0 Å². The molecule has 156 valence electrons. The lowest BCUT2D eigenvalue weighted by Gasteiger charge is -2.15. The van der Waals surface area contributed by atoms with Crippen LogP contribution >= 0.6 is 11.3 Å². The number of fused-ring (bicyclic) bond motifs is 1. The largest absolute Gasteiger partial charge is 0.352 e. The molecule has 2 aromatic rings. The number of hydrogen-bond donors (Lipinski definition) is 2. The topological polar surface area (TPSA) is 88.2 Å². The molecule has 2 aliphatic rings. The number of benzene rings is 1. The number of carbonyl (C=O) groups excluding carboxylic acids is 1. The number of carbonyl (C=O) groups is 1. The minimum Gasteiger partial charge on any atom is -0.352 e. The summed E-state index contributed by atoms with van der Waals surface area (Å²) in [6.45, 7) is 2.31. The highest BCUT2D eigenvalue weighted by molar-refractivity contribution is 7.89. The number of rotatable bonds is 7. The normalized spacial score (nSPS) is 19.4. The summed E-state index contributed by atoms with van der Waals surface area (Å²) in [5.74, 6) is 0.313. The maximum absolute atomic E-state index is 12.7. The molecule has 1 heterocycles. The van der Waals surface area contributed by atoms with Crippen molar-refractivity contribution in [3.05, 3.63) is 45.4 Å². The van der Waals surface area contributed by atoms with Crippen LogP contribution in [0.5, 0.6) is 0 Å². The molecule has 0 saturated heterocycles. The highest BCUT2D eigenvalue weighted by Gasteiger charge is 2.29. The summed E-state index contributed by atoms with van der Waals surface area (Å²) in [6.07, 6.45) is 8.09. The number of amides is 1. The van der Waals surface area contributed by atoms with Crippen molar-refractivity contribution < 1.29 is 13.2 Å². The lowest BCUT2D eigenvalue weighted by atomic mass is 10.1. The molecule has 1 atom stereocenters. The fourth-order valence-corrected chi connectivity index (χ4v) is 6.13. The molecule has 29 heavy (non-hydrogen) atoms.